The van der Waals surface area contributed by atoms with Crippen molar-refractivity contribution in [2.45, 2.75) is 111 Å². The summed E-state index contributed by atoms with van der Waals surface area (Å²) in [5, 5.41) is 0.217. The summed E-state index contributed by atoms with van der Waals surface area (Å²) in [4.78, 5) is 33.9. The van der Waals surface area contributed by atoms with Crippen LogP contribution in [0.1, 0.15) is 93.6 Å². The lowest BCUT2D eigenvalue weighted by atomic mass is 9.93. The van der Waals surface area contributed by atoms with Crippen LogP contribution in [-0.4, -0.2) is 44.9 Å². The Labute approximate surface area is 331 Å². The van der Waals surface area contributed by atoms with Crippen molar-refractivity contribution in [2.24, 2.45) is 5.41 Å². The largest absolute Gasteiger partial charge is 0.494 e. The van der Waals surface area contributed by atoms with E-state index < -0.39 is 34.4 Å². The molecule has 1 aromatic heterocycles. The van der Waals surface area contributed by atoms with Crippen LogP contribution in [0.5, 0.6) is 5.75 Å². The smallest absolute Gasteiger partial charge is 0.429 e. The lowest BCUT2D eigenvalue weighted by Gasteiger charge is -2.27. The number of amides is 2. The van der Waals surface area contributed by atoms with E-state index in [0.29, 0.717) is 28.6 Å². The van der Waals surface area contributed by atoms with Gasteiger partial charge >= 0.3 is 12.2 Å². The van der Waals surface area contributed by atoms with Gasteiger partial charge in [-0.15, -0.1) is 0 Å². The molecule has 5 rings (SSSR count). The molecule has 1 atom stereocenters. The number of aryl methyl sites for hydroxylation is 1. The van der Waals surface area contributed by atoms with Gasteiger partial charge in [-0.3, -0.25) is 0 Å². The molecular formula is C42H53N3O6S3. The minimum atomic E-state index is -2.13. The topological polar surface area (TPSA) is 98.3 Å². The van der Waals surface area contributed by atoms with Crippen LogP contribution in [0.25, 0.3) is 21.7 Å². The second-order valence-electron chi connectivity index (χ2n) is 16.5. The third-order valence-electron chi connectivity index (χ3n) is 8.13. The lowest BCUT2D eigenvalue weighted by molar-refractivity contribution is 0.0599. The number of hydrogen-bond acceptors (Lipinski definition) is 9. The Kier molecular flexibility index (Phi) is 13.2. The summed E-state index contributed by atoms with van der Waals surface area (Å²) < 4.78 is 35.3. The quantitative estimate of drug-likeness (QED) is 0.188. The zero-order valence-electron chi connectivity index (χ0n) is 32.9. The van der Waals surface area contributed by atoms with Crippen molar-refractivity contribution < 1.29 is 28.0 Å². The van der Waals surface area contributed by atoms with Crippen LogP contribution in [0, 0.1) is 5.41 Å². The van der Waals surface area contributed by atoms with Gasteiger partial charge in [0.25, 0.3) is 0 Å². The number of hydrogen-bond donors (Lipinski definition) is 0. The third-order valence-corrected chi connectivity index (χ3v) is 11.7. The molecule has 1 unspecified atom stereocenters. The number of nitrogens with zero attached hydrogens (tertiary/aromatic N) is 3. The Hall–Kier alpha value is -3.87. The van der Waals surface area contributed by atoms with Crippen LogP contribution in [-0.2, 0) is 26.9 Å². The predicted octanol–water partition coefficient (Wildman–Crippen LogP) is 11.9. The van der Waals surface area contributed by atoms with Gasteiger partial charge in [-0.1, -0.05) is 81.0 Å². The fourth-order valence-corrected chi connectivity index (χ4v) is 8.77. The van der Waals surface area contributed by atoms with Crippen LogP contribution < -0.4 is 13.3 Å². The summed E-state index contributed by atoms with van der Waals surface area (Å²) in [6.07, 6.45) is 3.12. The van der Waals surface area contributed by atoms with E-state index in [4.69, 9.17) is 19.2 Å². The zero-order chi connectivity index (χ0) is 39.3. The second kappa shape index (κ2) is 17.3. The first kappa shape index (κ1) is 41.3. The van der Waals surface area contributed by atoms with Crippen LogP contribution in [0.3, 0.4) is 0 Å². The number of benzene rings is 3. The van der Waals surface area contributed by atoms with Gasteiger partial charge in [0.05, 0.1) is 27.8 Å². The van der Waals surface area contributed by atoms with E-state index in [0.717, 1.165) is 63.7 Å². The van der Waals surface area contributed by atoms with Crippen molar-refractivity contribution in [3.63, 3.8) is 0 Å². The number of ether oxygens (including phenoxy) is 3. The average Bonchev–Trinajstić information content (AvgIpc) is 3.50. The minimum absolute atomic E-state index is 0.132. The van der Waals surface area contributed by atoms with Gasteiger partial charge in [0.15, 0.2) is 11.0 Å². The highest BCUT2D eigenvalue weighted by atomic mass is 32.2. The number of anilines is 2. The van der Waals surface area contributed by atoms with E-state index in [9.17, 15) is 13.8 Å². The second-order valence-corrected chi connectivity index (χ2v) is 19.8. The summed E-state index contributed by atoms with van der Waals surface area (Å²) in [6.45, 7) is 17.9. The Morgan fingerprint density at radius 2 is 1.52 bits per heavy atom. The molecule has 0 radical (unpaired) electrons. The highest BCUT2D eigenvalue weighted by Crippen LogP contribution is 2.44. The number of carbonyl (C=O) groups excluding carboxylic acids is 2. The summed E-state index contributed by atoms with van der Waals surface area (Å²) >= 11 is 2.64. The molecule has 1 aliphatic heterocycles. The summed E-state index contributed by atoms with van der Waals surface area (Å²) in [7, 11) is -2.13. The van der Waals surface area contributed by atoms with Crippen molar-refractivity contribution in [1.82, 2.24) is 4.98 Å². The maximum absolute atomic E-state index is 14.8. The molecule has 2 amide bonds. The highest BCUT2D eigenvalue weighted by molar-refractivity contribution is 8.01. The molecule has 9 nitrogen and oxygen atoms in total. The number of thiazole rings is 1. The van der Waals surface area contributed by atoms with Gasteiger partial charge in [-0.25, -0.2) is 23.1 Å². The van der Waals surface area contributed by atoms with Crippen molar-refractivity contribution >= 4 is 57.3 Å². The molecule has 3 aromatic carbocycles. The first-order chi connectivity index (χ1) is 25.4. The van der Waals surface area contributed by atoms with Crippen LogP contribution >= 0.6 is 23.3 Å². The monoisotopic (exact) mass is 791 g/mol. The fourth-order valence-electron chi connectivity index (χ4n) is 5.58. The van der Waals surface area contributed by atoms with Gasteiger partial charge in [0.1, 0.15) is 17.0 Å². The maximum atomic E-state index is 14.8. The summed E-state index contributed by atoms with van der Waals surface area (Å²) in [5.41, 5.74) is 2.65. The van der Waals surface area contributed by atoms with Crippen LogP contribution in [0.2, 0.25) is 0 Å². The van der Waals surface area contributed by atoms with Gasteiger partial charge in [0, 0.05) is 11.3 Å². The molecule has 2 heterocycles. The first-order valence-corrected chi connectivity index (χ1v) is 21.3. The predicted molar refractivity (Wildman–Crippen MR) is 223 cm³/mol. The number of carbonyl (C=O) groups is 2. The van der Waals surface area contributed by atoms with Gasteiger partial charge in [0.2, 0.25) is 5.13 Å². The molecule has 12 heteroatoms. The first-order valence-electron chi connectivity index (χ1n) is 18.4. The minimum Gasteiger partial charge on any atom is -0.494 e. The summed E-state index contributed by atoms with van der Waals surface area (Å²) in [6, 6.07) is 22.9. The van der Waals surface area contributed by atoms with Gasteiger partial charge < -0.3 is 14.2 Å². The van der Waals surface area contributed by atoms with Crippen molar-refractivity contribution in [1.29, 1.82) is 0 Å². The average molecular weight is 792 g/mol. The number of aromatic nitrogens is 1. The standard InChI is InChI=1S/C42H53N3O6S3/c1-40(2,3)24-25-49-32-21-15-19-30(27-32)36-35-34-23-13-12-18-29(34)17-11-10-14-26-52-44(38(46)50-41(4,5)6)31-20-16-22-33(28-31)54(48)45(37(43-35)53-36)39(47)51-42(7,8)9/h12-13,15-16,18-23,27-28H,10-11,14,17,24-26H2,1-9H3. The third kappa shape index (κ3) is 11.3. The van der Waals surface area contributed by atoms with E-state index in [1.807, 2.05) is 57.2 Å². The van der Waals surface area contributed by atoms with Gasteiger partial charge in [-0.05, 0) is 126 Å². The van der Waals surface area contributed by atoms with E-state index in [1.165, 1.54) is 27.6 Å². The Balaban J connectivity index is 1.68. The lowest BCUT2D eigenvalue weighted by Crippen LogP contribution is -2.38. The van der Waals surface area contributed by atoms with Crippen LogP contribution in [0.15, 0.2) is 77.7 Å². The molecular weight excluding hydrogens is 739 g/mol. The molecule has 1 aliphatic rings. The fraction of sp³-hybridized carbons (Fsp3) is 0.452. The van der Waals surface area contributed by atoms with E-state index in [2.05, 4.69) is 32.9 Å². The molecule has 0 fully saturated rings. The molecule has 0 saturated heterocycles. The van der Waals surface area contributed by atoms with Crippen molar-refractivity contribution in [2.75, 3.05) is 21.0 Å². The maximum Gasteiger partial charge on any atom is 0.429 e. The molecule has 0 N–H and O–H groups in total. The highest BCUT2D eigenvalue weighted by Gasteiger charge is 2.34. The Morgan fingerprint density at radius 1 is 0.815 bits per heavy atom. The molecule has 4 aromatic rings. The van der Waals surface area contributed by atoms with Crippen LogP contribution in [0.4, 0.5) is 20.4 Å². The molecule has 54 heavy (non-hydrogen) atoms. The molecule has 4 bridgehead atoms. The number of fused-ring (bicyclic) bond motifs is 6. The Bertz CT molecular complexity index is 1960. The molecule has 0 spiro atoms. The van der Waals surface area contributed by atoms with E-state index >= 15 is 0 Å². The summed E-state index contributed by atoms with van der Waals surface area (Å²) in [5.74, 6) is 1.41. The molecule has 290 valence electrons. The molecule has 0 saturated carbocycles. The van der Waals surface area contributed by atoms with Crippen molar-refractivity contribution in [3.05, 3.63) is 78.4 Å². The van der Waals surface area contributed by atoms with Gasteiger partial charge in [-0.2, -0.15) is 4.31 Å². The SMILES string of the molecule is CC(C)(C)CCOc1cccc(-c2sc3nc2-c2ccccc2CCCCCSN(C(=O)OC(C)(C)C)c2cccc(c2)S(=O)N3C(=O)OC(C)(C)C)c1. The molecule has 0 aliphatic carbocycles. The van der Waals surface area contributed by atoms with E-state index in [1.54, 1.807) is 45.0 Å². The van der Waals surface area contributed by atoms with Crippen molar-refractivity contribution in [3.8, 4) is 27.4 Å². The van der Waals surface area contributed by atoms with E-state index in [-0.39, 0.29) is 10.5 Å². The zero-order valence-corrected chi connectivity index (χ0v) is 35.3. The normalized spacial score (nSPS) is 15.9. The number of rotatable bonds is 4. The Morgan fingerprint density at radius 3 is 2.24 bits per heavy atom.